The topological polar surface area (TPSA) is 54.5 Å². The van der Waals surface area contributed by atoms with Gasteiger partial charge in [-0.3, -0.25) is 9.69 Å². The lowest BCUT2D eigenvalue weighted by molar-refractivity contribution is -0.117. The van der Waals surface area contributed by atoms with Crippen molar-refractivity contribution in [1.82, 2.24) is 9.88 Å². The number of nitrogens with one attached hydrogen (secondary N) is 1. The first-order valence-electron chi connectivity index (χ1n) is 8.44. The number of carbonyl (C=O) groups excluding carboxylic acids is 1. The molecule has 0 aliphatic rings. The molecule has 0 saturated heterocycles. The standard InChI is InChI=1S/C20H23N3O2S/c1-13-9-15(10-14(2)19(13)25-4)11-23(3)12-18(24)22-20-21-16-7-5-6-8-17(16)26-20/h5-10H,11-12H2,1-4H3,(H,21,22,24). The SMILES string of the molecule is COc1c(C)cc(CN(C)CC(=O)Nc2nc3ccccc3s2)cc1C. The number of benzene rings is 2. The van der Waals surface area contributed by atoms with Crippen molar-refractivity contribution in [3.05, 3.63) is 53.1 Å². The molecule has 2 aromatic carbocycles. The molecule has 0 unspecified atom stereocenters. The van der Waals surface area contributed by atoms with Crippen LogP contribution in [0.4, 0.5) is 5.13 Å². The summed E-state index contributed by atoms with van der Waals surface area (Å²) in [6.45, 7) is 5.07. The van der Waals surface area contributed by atoms with Crippen molar-refractivity contribution in [3.63, 3.8) is 0 Å². The molecule has 0 aliphatic heterocycles. The predicted molar refractivity (Wildman–Crippen MR) is 107 cm³/mol. The molecule has 3 aromatic rings. The zero-order valence-corrected chi connectivity index (χ0v) is 16.3. The molecular formula is C20H23N3O2S. The van der Waals surface area contributed by atoms with Crippen molar-refractivity contribution in [2.24, 2.45) is 0 Å². The Morgan fingerprint density at radius 3 is 2.58 bits per heavy atom. The number of anilines is 1. The summed E-state index contributed by atoms with van der Waals surface area (Å²) in [4.78, 5) is 18.7. The van der Waals surface area contributed by atoms with Crippen LogP contribution in [0.5, 0.6) is 5.75 Å². The Balaban J connectivity index is 1.60. The smallest absolute Gasteiger partial charge is 0.240 e. The van der Waals surface area contributed by atoms with Gasteiger partial charge in [0.2, 0.25) is 5.91 Å². The Kier molecular flexibility index (Phi) is 5.54. The molecule has 136 valence electrons. The summed E-state index contributed by atoms with van der Waals surface area (Å²) in [7, 11) is 3.63. The first kappa shape index (κ1) is 18.4. The number of ether oxygens (including phenoxy) is 1. The van der Waals surface area contributed by atoms with E-state index in [2.05, 4.69) is 22.4 Å². The Morgan fingerprint density at radius 2 is 1.92 bits per heavy atom. The van der Waals surface area contributed by atoms with Gasteiger partial charge in [-0.05, 0) is 49.7 Å². The summed E-state index contributed by atoms with van der Waals surface area (Å²) in [5.74, 6) is 0.860. The molecule has 1 aromatic heterocycles. The fraction of sp³-hybridized carbons (Fsp3) is 0.300. The number of carbonyl (C=O) groups is 1. The molecule has 0 spiro atoms. The van der Waals surface area contributed by atoms with Gasteiger partial charge in [-0.25, -0.2) is 4.98 Å². The second-order valence-corrected chi connectivity index (χ2v) is 7.50. The molecular weight excluding hydrogens is 346 g/mol. The number of amides is 1. The Bertz CT molecular complexity index is 880. The van der Waals surface area contributed by atoms with Crippen LogP contribution in [0.3, 0.4) is 0 Å². The summed E-state index contributed by atoms with van der Waals surface area (Å²) in [5, 5.41) is 3.54. The summed E-state index contributed by atoms with van der Waals surface area (Å²) < 4.78 is 6.48. The van der Waals surface area contributed by atoms with Crippen LogP contribution in [0.25, 0.3) is 10.2 Å². The van der Waals surface area contributed by atoms with Crippen molar-refractivity contribution >= 4 is 32.6 Å². The average molecular weight is 369 g/mol. The highest BCUT2D eigenvalue weighted by Gasteiger charge is 2.12. The van der Waals surface area contributed by atoms with Crippen LogP contribution in [0, 0.1) is 13.8 Å². The average Bonchev–Trinajstić information content (AvgIpc) is 2.96. The first-order chi connectivity index (χ1) is 12.5. The van der Waals surface area contributed by atoms with E-state index in [-0.39, 0.29) is 5.91 Å². The van der Waals surface area contributed by atoms with Crippen LogP contribution < -0.4 is 10.1 Å². The van der Waals surface area contributed by atoms with Gasteiger partial charge in [-0.1, -0.05) is 35.6 Å². The van der Waals surface area contributed by atoms with Crippen LogP contribution >= 0.6 is 11.3 Å². The molecule has 5 nitrogen and oxygen atoms in total. The molecule has 1 amide bonds. The maximum Gasteiger partial charge on any atom is 0.240 e. The van der Waals surface area contributed by atoms with E-state index in [4.69, 9.17) is 4.74 Å². The van der Waals surface area contributed by atoms with Crippen LogP contribution in [-0.4, -0.2) is 36.5 Å². The van der Waals surface area contributed by atoms with E-state index >= 15 is 0 Å². The third-order valence-corrected chi connectivity index (χ3v) is 5.08. The van der Waals surface area contributed by atoms with Crippen LogP contribution in [0.2, 0.25) is 0 Å². The largest absolute Gasteiger partial charge is 0.496 e. The van der Waals surface area contributed by atoms with Crippen molar-refractivity contribution in [2.75, 3.05) is 26.0 Å². The van der Waals surface area contributed by atoms with Crippen molar-refractivity contribution in [3.8, 4) is 5.75 Å². The molecule has 0 aliphatic carbocycles. The van der Waals surface area contributed by atoms with Crippen LogP contribution in [0.15, 0.2) is 36.4 Å². The second kappa shape index (κ2) is 7.85. The number of thiazole rings is 1. The van der Waals surface area contributed by atoms with Crippen LogP contribution in [-0.2, 0) is 11.3 Å². The third kappa shape index (κ3) is 4.20. The Hall–Kier alpha value is -2.44. The molecule has 0 saturated carbocycles. The number of hydrogen-bond acceptors (Lipinski definition) is 5. The van der Waals surface area contributed by atoms with Gasteiger partial charge in [-0.15, -0.1) is 0 Å². The molecule has 0 radical (unpaired) electrons. The molecule has 0 bridgehead atoms. The minimum absolute atomic E-state index is 0.0616. The number of likely N-dealkylation sites (N-methyl/N-ethyl adjacent to an activating group) is 1. The zero-order valence-electron chi connectivity index (χ0n) is 15.5. The van der Waals surface area contributed by atoms with Crippen molar-refractivity contribution < 1.29 is 9.53 Å². The van der Waals surface area contributed by atoms with Gasteiger partial charge in [0.1, 0.15) is 5.75 Å². The second-order valence-electron chi connectivity index (χ2n) is 6.47. The molecule has 3 rings (SSSR count). The summed E-state index contributed by atoms with van der Waals surface area (Å²) in [6, 6.07) is 12.1. The van der Waals surface area contributed by atoms with E-state index < -0.39 is 0 Å². The van der Waals surface area contributed by atoms with Crippen LogP contribution in [0.1, 0.15) is 16.7 Å². The Morgan fingerprint density at radius 1 is 1.23 bits per heavy atom. The lowest BCUT2D eigenvalue weighted by Crippen LogP contribution is -2.29. The minimum atomic E-state index is -0.0616. The summed E-state index contributed by atoms with van der Waals surface area (Å²) in [6.07, 6.45) is 0. The number of aromatic nitrogens is 1. The zero-order chi connectivity index (χ0) is 18.7. The van der Waals surface area contributed by atoms with Gasteiger partial charge in [0.15, 0.2) is 5.13 Å². The van der Waals surface area contributed by atoms with Crippen molar-refractivity contribution in [1.29, 1.82) is 0 Å². The van der Waals surface area contributed by atoms with E-state index in [0.717, 1.165) is 32.7 Å². The molecule has 0 atom stereocenters. The molecule has 6 heteroatoms. The maximum atomic E-state index is 12.3. The number of methoxy groups -OCH3 is 1. The van der Waals surface area contributed by atoms with Gasteiger partial charge in [0, 0.05) is 6.54 Å². The molecule has 26 heavy (non-hydrogen) atoms. The van der Waals surface area contributed by atoms with Gasteiger partial charge in [0.25, 0.3) is 0 Å². The molecule has 1 heterocycles. The number of fused-ring (bicyclic) bond motifs is 1. The predicted octanol–water partition coefficient (Wildman–Crippen LogP) is 3.99. The van der Waals surface area contributed by atoms with Gasteiger partial charge >= 0.3 is 0 Å². The monoisotopic (exact) mass is 369 g/mol. The number of hydrogen-bond donors (Lipinski definition) is 1. The minimum Gasteiger partial charge on any atom is -0.496 e. The third-order valence-electron chi connectivity index (χ3n) is 4.13. The lowest BCUT2D eigenvalue weighted by Gasteiger charge is -2.18. The first-order valence-corrected chi connectivity index (χ1v) is 9.26. The van der Waals surface area contributed by atoms with Gasteiger partial charge < -0.3 is 10.1 Å². The van der Waals surface area contributed by atoms with E-state index in [9.17, 15) is 4.79 Å². The summed E-state index contributed by atoms with van der Waals surface area (Å²) >= 11 is 1.49. The molecule has 0 fully saturated rings. The number of aryl methyl sites for hydroxylation is 2. The fourth-order valence-electron chi connectivity index (χ4n) is 3.15. The van der Waals surface area contributed by atoms with E-state index in [1.165, 1.54) is 11.3 Å². The Labute approximate surface area is 157 Å². The lowest BCUT2D eigenvalue weighted by atomic mass is 10.1. The van der Waals surface area contributed by atoms with E-state index in [1.807, 2.05) is 50.1 Å². The molecule has 1 N–H and O–H groups in total. The fourth-order valence-corrected chi connectivity index (χ4v) is 4.03. The van der Waals surface area contributed by atoms with Gasteiger partial charge in [-0.2, -0.15) is 0 Å². The summed E-state index contributed by atoms with van der Waals surface area (Å²) in [5.41, 5.74) is 4.28. The highest BCUT2D eigenvalue weighted by atomic mass is 32.1. The van der Waals surface area contributed by atoms with Crippen molar-refractivity contribution in [2.45, 2.75) is 20.4 Å². The number of nitrogens with zero attached hydrogens (tertiary/aromatic N) is 2. The highest BCUT2D eigenvalue weighted by Crippen LogP contribution is 2.26. The number of rotatable bonds is 6. The maximum absolute atomic E-state index is 12.3. The highest BCUT2D eigenvalue weighted by molar-refractivity contribution is 7.22. The number of para-hydroxylation sites is 1. The van der Waals surface area contributed by atoms with Gasteiger partial charge in [0.05, 0.1) is 23.9 Å². The van der Waals surface area contributed by atoms with E-state index in [0.29, 0.717) is 18.2 Å². The normalized spacial score (nSPS) is 11.1. The quantitative estimate of drug-likeness (QED) is 0.714. The van der Waals surface area contributed by atoms with E-state index in [1.54, 1.807) is 7.11 Å².